The number of anilines is 2. The zero-order valence-electron chi connectivity index (χ0n) is 16.1. The van der Waals surface area contributed by atoms with E-state index in [-0.39, 0.29) is 17.0 Å². The van der Waals surface area contributed by atoms with Crippen molar-refractivity contribution in [3.05, 3.63) is 94.1 Å². The summed E-state index contributed by atoms with van der Waals surface area (Å²) in [4.78, 5) is 24.9. The first-order valence-electron chi connectivity index (χ1n) is 9.18. The predicted molar refractivity (Wildman–Crippen MR) is 112 cm³/mol. The maximum atomic E-state index is 13.9. The lowest BCUT2D eigenvalue weighted by atomic mass is 9.99. The van der Waals surface area contributed by atoms with Crippen molar-refractivity contribution in [2.24, 2.45) is 0 Å². The van der Waals surface area contributed by atoms with Gasteiger partial charge in [-0.05, 0) is 42.8 Å². The van der Waals surface area contributed by atoms with Gasteiger partial charge in [-0.3, -0.25) is 5.32 Å². The first kappa shape index (κ1) is 20.2. The Kier molecular flexibility index (Phi) is 5.21. The van der Waals surface area contributed by atoms with Gasteiger partial charge >= 0.3 is 11.7 Å². The lowest BCUT2D eigenvalue weighted by Gasteiger charge is -2.14. The molecule has 2 N–H and O–H groups in total. The molecule has 0 spiro atoms. The number of amides is 2. The van der Waals surface area contributed by atoms with E-state index in [0.717, 1.165) is 17.7 Å². The molecule has 0 fully saturated rings. The number of urea groups is 1. The molecule has 0 saturated carbocycles. The maximum Gasteiger partial charge on any atom is 0.345 e. The molecule has 1 heterocycles. The van der Waals surface area contributed by atoms with E-state index in [4.69, 9.17) is 4.42 Å². The third-order valence-electron chi connectivity index (χ3n) is 4.63. The first-order valence-corrected chi connectivity index (χ1v) is 9.18. The second-order valence-electron chi connectivity index (χ2n) is 6.85. The van der Waals surface area contributed by atoms with E-state index in [2.05, 4.69) is 10.6 Å². The van der Waals surface area contributed by atoms with Crippen LogP contribution in [-0.4, -0.2) is 6.03 Å². The number of aryl methyl sites for hydroxylation is 1. The number of nitrogens with one attached hydrogen (secondary N) is 2. The molecule has 5 nitrogen and oxygen atoms in total. The van der Waals surface area contributed by atoms with Crippen molar-refractivity contribution in [3.8, 4) is 11.1 Å². The van der Waals surface area contributed by atoms with Crippen LogP contribution in [0.2, 0.25) is 0 Å². The van der Waals surface area contributed by atoms with Gasteiger partial charge in [-0.2, -0.15) is 0 Å². The minimum absolute atomic E-state index is 0.199. The summed E-state index contributed by atoms with van der Waals surface area (Å²) in [6, 6.07) is 12.3. The molecule has 4 aromatic rings. The summed E-state index contributed by atoms with van der Waals surface area (Å²) < 4.78 is 45.7. The minimum atomic E-state index is -0.968. The fourth-order valence-corrected chi connectivity index (χ4v) is 3.20. The van der Waals surface area contributed by atoms with Crippen molar-refractivity contribution in [1.29, 1.82) is 0 Å². The molecule has 0 atom stereocenters. The molecule has 0 aliphatic rings. The summed E-state index contributed by atoms with van der Waals surface area (Å²) in [6.07, 6.45) is 0. The van der Waals surface area contributed by atoms with E-state index in [1.54, 1.807) is 18.2 Å². The molecular formula is C23H15F3N2O3. The van der Waals surface area contributed by atoms with Crippen LogP contribution in [0.3, 0.4) is 0 Å². The largest absolute Gasteiger partial charge is 0.405 e. The molecule has 3 aromatic carbocycles. The van der Waals surface area contributed by atoms with Crippen molar-refractivity contribution in [2.45, 2.75) is 6.92 Å². The Bertz CT molecular complexity index is 1370. The van der Waals surface area contributed by atoms with E-state index in [0.29, 0.717) is 22.6 Å². The zero-order chi connectivity index (χ0) is 22.1. The second-order valence-corrected chi connectivity index (χ2v) is 6.85. The van der Waals surface area contributed by atoms with Crippen molar-refractivity contribution in [2.75, 3.05) is 10.6 Å². The van der Waals surface area contributed by atoms with Crippen LogP contribution in [0.4, 0.5) is 29.5 Å². The maximum absolute atomic E-state index is 13.9. The SMILES string of the molecule is Cc1ccc2c(=O)oc(NC(=O)Nc3ccc(F)cc3F)c(-c3ccc(F)cc3)c2c1. The molecule has 8 heteroatoms. The molecule has 0 unspecified atom stereocenters. The summed E-state index contributed by atoms with van der Waals surface area (Å²) in [7, 11) is 0. The highest BCUT2D eigenvalue weighted by atomic mass is 19.1. The van der Waals surface area contributed by atoms with Gasteiger partial charge in [0.1, 0.15) is 17.5 Å². The van der Waals surface area contributed by atoms with Gasteiger partial charge in [-0.15, -0.1) is 0 Å². The highest BCUT2D eigenvalue weighted by Crippen LogP contribution is 2.34. The van der Waals surface area contributed by atoms with Gasteiger partial charge in [0.05, 0.1) is 16.6 Å². The van der Waals surface area contributed by atoms with Crippen LogP contribution < -0.4 is 16.3 Å². The van der Waals surface area contributed by atoms with Gasteiger partial charge in [0.2, 0.25) is 5.88 Å². The Labute approximate surface area is 174 Å². The third kappa shape index (κ3) is 4.13. The predicted octanol–water partition coefficient (Wildman–Crippen LogP) is 5.83. The van der Waals surface area contributed by atoms with Crippen molar-refractivity contribution < 1.29 is 22.4 Å². The normalized spacial score (nSPS) is 10.8. The van der Waals surface area contributed by atoms with Gasteiger partial charge < -0.3 is 9.73 Å². The number of halogens is 3. The van der Waals surface area contributed by atoms with Crippen molar-refractivity contribution >= 4 is 28.4 Å². The van der Waals surface area contributed by atoms with E-state index >= 15 is 0 Å². The molecule has 0 bridgehead atoms. The van der Waals surface area contributed by atoms with Gasteiger partial charge in [-0.1, -0.05) is 29.8 Å². The lowest BCUT2D eigenvalue weighted by molar-refractivity contribution is 0.261. The van der Waals surface area contributed by atoms with Crippen LogP contribution in [0.25, 0.3) is 21.9 Å². The summed E-state index contributed by atoms with van der Waals surface area (Å²) in [5, 5.41) is 5.40. The van der Waals surface area contributed by atoms with Crippen LogP contribution in [0.5, 0.6) is 0 Å². The fraction of sp³-hybridized carbons (Fsp3) is 0.0435. The fourth-order valence-electron chi connectivity index (χ4n) is 3.20. The van der Waals surface area contributed by atoms with Crippen molar-refractivity contribution in [1.82, 2.24) is 0 Å². The number of carbonyl (C=O) groups is 1. The quantitative estimate of drug-likeness (QED) is 0.435. The number of hydrogen-bond acceptors (Lipinski definition) is 3. The first-order chi connectivity index (χ1) is 14.8. The summed E-state index contributed by atoms with van der Waals surface area (Å²) in [5.41, 5.74) is 0.743. The van der Waals surface area contributed by atoms with E-state index in [9.17, 15) is 22.8 Å². The Morgan fingerprint density at radius 3 is 2.26 bits per heavy atom. The molecule has 4 rings (SSSR count). The smallest absolute Gasteiger partial charge is 0.345 e. The molecular weight excluding hydrogens is 409 g/mol. The van der Waals surface area contributed by atoms with Crippen LogP contribution >= 0.6 is 0 Å². The Morgan fingerprint density at radius 1 is 0.839 bits per heavy atom. The molecule has 0 saturated heterocycles. The van der Waals surface area contributed by atoms with E-state index < -0.39 is 29.1 Å². The molecule has 156 valence electrons. The molecule has 0 radical (unpaired) electrons. The van der Waals surface area contributed by atoms with Gasteiger partial charge in [0.15, 0.2) is 0 Å². The van der Waals surface area contributed by atoms with Gasteiger partial charge in [0, 0.05) is 11.5 Å². The Hall–Kier alpha value is -4.07. The number of carbonyl (C=O) groups excluding carboxylic acids is 1. The number of hydrogen-bond donors (Lipinski definition) is 2. The highest BCUT2D eigenvalue weighted by molar-refractivity contribution is 6.06. The Morgan fingerprint density at radius 2 is 1.55 bits per heavy atom. The standard InChI is InChI=1S/C23H15F3N2O3/c1-12-2-8-16-17(10-12)20(13-3-5-14(24)6-4-13)21(31-22(16)29)28-23(30)27-19-9-7-15(25)11-18(19)26/h2-11H,1H3,(H2,27,28,30). The molecule has 0 aliphatic carbocycles. The third-order valence-corrected chi connectivity index (χ3v) is 4.63. The van der Waals surface area contributed by atoms with Crippen LogP contribution in [0.15, 0.2) is 69.9 Å². The number of rotatable bonds is 3. The zero-order valence-corrected chi connectivity index (χ0v) is 16.1. The Balaban J connectivity index is 1.81. The van der Waals surface area contributed by atoms with Crippen LogP contribution in [0, 0.1) is 24.4 Å². The molecule has 2 amide bonds. The monoisotopic (exact) mass is 424 g/mol. The summed E-state index contributed by atoms with van der Waals surface area (Å²) >= 11 is 0. The average molecular weight is 424 g/mol. The number of fused-ring (bicyclic) bond motifs is 1. The average Bonchev–Trinajstić information content (AvgIpc) is 2.71. The summed E-state index contributed by atoms with van der Waals surface area (Å²) in [5.74, 6) is -2.42. The molecule has 1 aromatic heterocycles. The molecule has 31 heavy (non-hydrogen) atoms. The topological polar surface area (TPSA) is 71.3 Å². The van der Waals surface area contributed by atoms with E-state index in [1.165, 1.54) is 24.3 Å². The van der Waals surface area contributed by atoms with Gasteiger partial charge in [-0.25, -0.2) is 22.8 Å². The second kappa shape index (κ2) is 7.98. The number of benzene rings is 3. The minimum Gasteiger partial charge on any atom is -0.405 e. The van der Waals surface area contributed by atoms with E-state index in [1.807, 2.05) is 6.92 Å². The van der Waals surface area contributed by atoms with Gasteiger partial charge in [0.25, 0.3) is 0 Å². The summed E-state index contributed by atoms with van der Waals surface area (Å²) in [6.45, 7) is 1.83. The van der Waals surface area contributed by atoms with Crippen LogP contribution in [-0.2, 0) is 0 Å². The lowest BCUT2D eigenvalue weighted by Crippen LogP contribution is -2.21. The molecule has 0 aliphatic heterocycles. The van der Waals surface area contributed by atoms with Crippen LogP contribution in [0.1, 0.15) is 5.56 Å². The van der Waals surface area contributed by atoms with Crippen molar-refractivity contribution in [3.63, 3.8) is 0 Å². The highest BCUT2D eigenvalue weighted by Gasteiger charge is 2.19.